The molecule has 2 fully saturated rings. The van der Waals surface area contributed by atoms with Gasteiger partial charge < -0.3 is 14.5 Å². The molecule has 6 heteroatoms. The van der Waals surface area contributed by atoms with Gasteiger partial charge in [0.15, 0.2) is 0 Å². The average molecular weight is 495 g/mol. The van der Waals surface area contributed by atoms with Crippen LogP contribution in [0.2, 0.25) is 0 Å². The Balaban J connectivity index is 1.37. The van der Waals surface area contributed by atoms with E-state index in [1.54, 1.807) is 17.0 Å². The minimum absolute atomic E-state index is 0.0718. The fourth-order valence-electron chi connectivity index (χ4n) is 5.56. The maximum Gasteiger partial charge on any atom is 0.223 e. The summed E-state index contributed by atoms with van der Waals surface area (Å²) in [5.74, 6) is 1.31. The lowest BCUT2D eigenvalue weighted by Crippen LogP contribution is -2.47. The first-order chi connectivity index (χ1) is 17.4. The highest BCUT2D eigenvalue weighted by molar-refractivity contribution is 5.77. The number of halogens is 1. The zero-order valence-electron chi connectivity index (χ0n) is 21.5. The van der Waals surface area contributed by atoms with Gasteiger partial charge in [-0.2, -0.15) is 0 Å². The Morgan fingerprint density at radius 2 is 1.69 bits per heavy atom. The Labute approximate surface area is 214 Å². The van der Waals surface area contributed by atoms with Gasteiger partial charge in [0.25, 0.3) is 0 Å². The third-order valence-corrected chi connectivity index (χ3v) is 7.99. The van der Waals surface area contributed by atoms with E-state index in [1.165, 1.54) is 37.8 Å². The van der Waals surface area contributed by atoms with Crippen molar-refractivity contribution in [2.45, 2.75) is 64.3 Å². The molecule has 1 aliphatic heterocycles. The summed E-state index contributed by atoms with van der Waals surface area (Å²) < 4.78 is 19.4. The SMILES string of the molecule is CN(Cc1ccccc1)C(=O)CC1(COc2ccc(F)cc2)CCN(C(=O)CCC2CCCC2)CC1. The summed E-state index contributed by atoms with van der Waals surface area (Å²) in [5.41, 5.74) is 0.728. The number of ether oxygens (including phenoxy) is 1. The average Bonchev–Trinajstić information content (AvgIpc) is 3.42. The van der Waals surface area contributed by atoms with Gasteiger partial charge in [0.2, 0.25) is 11.8 Å². The molecular weight excluding hydrogens is 455 g/mol. The van der Waals surface area contributed by atoms with Crippen LogP contribution in [-0.2, 0) is 16.1 Å². The monoisotopic (exact) mass is 494 g/mol. The Morgan fingerprint density at radius 1 is 1.03 bits per heavy atom. The summed E-state index contributed by atoms with van der Waals surface area (Å²) in [4.78, 5) is 29.9. The van der Waals surface area contributed by atoms with E-state index in [9.17, 15) is 14.0 Å². The van der Waals surface area contributed by atoms with Crippen molar-refractivity contribution in [2.24, 2.45) is 11.3 Å². The topological polar surface area (TPSA) is 49.9 Å². The normalized spacial score (nSPS) is 17.7. The van der Waals surface area contributed by atoms with Gasteiger partial charge >= 0.3 is 0 Å². The minimum atomic E-state index is -0.362. The molecule has 2 aromatic rings. The van der Waals surface area contributed by atoms with Gasteiger partial charge in [0.05, 0.1) is 6.61 Å². The molecule has 4 rings (SSSR count). The van der Waals surface area contributed by atoms with Crippen molar-refractivity contribution in [2.75, 3.05) is 26.7 Å². The minimum Gasteiger partial charge on any atom is -0.493 e. The van der Waals surface area contributed by atoms with E-state index < -0.39 is 0 Å². The first-order valence-corrected chi connectivity index (χ1v) is 13.4. The Morgan fingerprint density at radius 3 is 2.36 bits per heavy atom. The van der Waals surface area contributed by atoms with Gasteiger partial charge in [-0.25, -0.2) is 4.39 Å². The van der Waals surface area contributed by atoms with E-state index in [4.69, 9.17) is 4.74 Å². The van der Waals surface area contributed by atoms with E-state index in [0.717, 1.165) is 12.0 Å². The number of carbonyl (C=O) groups is 2. The van der Waals surface area contributed by atoms with Crippen LogP contribution in [0, 0.1) is 17.2 Å². The van der Waals surface area contributed by atoms with Crippen molar-refractivity contribution >= 4 is 11.8 Å². The van der Waals surface area contributed by atoms with Crippen LogP contribution in [0.4, 0.5) is 4.39 Å². The third-order valence-electron chi connectivity index (χ3n) is 7.99. The largest absolute Gasteiger partial charge is 0.493 e. The first-order valence-electron chi connectivity index (χ1n) is 13.4. The molecule has 2 amide bonds. The molecule has 1 saturated heterocycles. The summed E-state index contributed by atoms with van der Waals surface area (Å²) in [5, 5.41) is 0. The molecular formula is C30H39FN2O3. The molecule has 0 aromatic heterocycles. The van der Waals surface area contributed by atoms with Crippen molar-refractivity contribution in [3.05, 3.63) is 66.0 Å². The molecule has 1 saturated carbocycles. The van der Waals surface area contributed by atoms with Crippen molar-refractivity contribution in [1.29, 1.82) is 0 Å². The number of rotatable bonds is 10. The second-order valence-corrected chi connectivity index (χ2v) is 10.7. The van der Waals surface area contributed by atoms with Gasteiger partial charge in [-0.15, -0.1) is 0 Å². The fourth-order valence-corrected chi connectivity index (χ4v) is 5.56. The van der Waals surface area contributed by atoms with Crippen LogP contribution in [0.3, 0.4) is 0 Å². The highest BCUT2D eigenvalue weighted by atomic mass is 19.1. The maximum absolute atomic E-state index is 13.3. The summed E-state index contributed by atoms with van der Waals surface area (Å²) in [6.45, 7) is 2.21. The van der Waals surface area contributed by atoms with Crippen LogP contribution in [0.15, 0.2) is 54.6 Å². The quantitative estimate of drug-likeness (QED) is 0.417. The molecule has 194 valence electrons. The van der Waals surface area contributed by atoms with E-state index in [-0.39, 0.29) is 23.0 Å². The van der Waals surface area contributed by atoms with Crippen LogP contribution in [0.1, 0.15) is 63.4 Å². The van der Waals surface area contributed by atoms with Gasteiger partial charge in [-0.05, 0) is 55.0 Å². The lowest BCUT2D eigenvalue weighted by Gasteiger charge is -2.42. The lowest BCUT2D eigenvalue weighted by molar-refractivity contribution is -0.137. The van der Waals surface area contributed by atoms with Crippen LogP contribution >= 0.6 is 0 Å². The Hall–Kier alpha value is -2.89. The Bertz CT molecular complexity index is 981. The Kier molecular flexibility index (Phi) is 9.00. The molecule has 5 nitrogen and oxygen atoms in total. The van der Waals surface area contributed by atoms with Gasteiger partial charge in [-0.1, -0.05) is 56.0 Å². The highest BCUT2D eigenvalue weighted by Crippen LogP contribution is 2.37. The van der Waals surface area contributed by atoms with Crippen LogP contribution in [0.25, 0.3) is 0 Å². The lowest BCUT2D eigenvalue weighted by atomic mass is 9.75. The smallest absolute Gasteiger partial charge is 0.223 e. The maximum atomic E-state index is 13.3. The van der Waals surface area contributed by atoms with E-state index >= 15 is 0 Å². The highest BCUT2D eigenvalue weighted by Gasteiger charge is 2.39. The van der Waals surface area contributed by atoms with E-state index in [1.807, 2.05) is 42.3 Å². The molecule has 2 aliphatic rings. The van der Waals surface area contributed by atoms with Crippen molar-refractivity contribution < 1.29 is 18.7 Å². The molecule has 0 radical (unpaired) electrons. The fraction of sp³-hybridized carbons (Fsp3) is 0.533. The summed E-state index contributed by atoms with van der Waals surface area (Å²) in [6, 6.07) is 16.0. The molecule has 0 N–H and O–H groups in total. The first kappa shape index (κ1) is 26.2. The number of nitrogens with zero attached hydrogens (tertiary/aromatic N) is 2. The third kappa shape index (κ3) is 7.31. The van der Waals surface area contributed by atoms with Gasteiger partial charge in [-0.3, -0.25) is 9.59 Å². The molecule has 2 aromatic carbocycles. The van der Waals surface area contributed by atoms with Crippen molar-refractivity contribution in [3.63, 3.8) is 0 Å². The number of hydrogen-bond acceptors (Lipinski definition) is 3. The van der Waals surface area contributed by atoms with Crippen LogP contribution in [0.5, 0.6) is 5.75 Å². The molecule has 0 bridgehead atoms. The van der Waals surface area contributed by atoms with E-state index in [2.05, 4.69) is 0 Å². The second-order valence-electron chi connectivity index (χ2n) is 10.7. The number of hydrogen-bond donors (Lipinski definition) is 0. The van der Waals surface area contributed by atoms with Gasteiger partial charge in [0, 0.05) is 44.9 Å². The number of piperidine rings is 1. The van der Waals surface area contributed by atoms with Crippen molar-refractivity contribution in [3.8, 4) is 5.75 Å². The van der Waals surface area contributed by atoms with Crippen molar-refractivity contribution in [1.82, 2.24) is 9.80 Å². The number of carbonyl (C=O) groups excluding carboxylic acids is 2. The second kappa shape index (κ2) is 12.4. The molecule has 0 unspecified atom stereocenters. The summed E-state index contributed by atoms with van der Waals surface area (Å²) in [6.07, 6.45) is 8.53. The predicted molar refractivity (Wildman–Crippen MR) is 139 cm³/mol. The molecule has 1 aliphatic carbocycles. The van der Waals surface area contributed by atoms with Crippen LogP contribution in [-0.4, -0.2) is 48.4 Å². The molecule has 36 heavy (non-hydrogen) atoms. The standard InChI is InChI=1S/C30H39FN2O3/c1-32(22-25-9-3-2-4-10-25)29(35)21-30(23-36-27-14-12-26(31)13-15-27)17-19-33(20-18-30)28(34)16-11-24-7-5-6-8-24/h2-4,9-10,12-15,24H,5-8,11,16-23H2,1H3. The predicted octanol–water partition coefficient (Wildman–Crippen LogP) is 5.83. The number of benzene rings is 2. The number of amides is 2. The van der Waals surface area contributed by atoms with Gasteiger partial charge in [0.1, 0.15) is 11.6 Å². The number of likely N-dealkylation sites (tertiary alicyclic amines) is 1. The zero-order chi connectivity index (χ0) is 25.4. The molecule has 1 heterocycles. The molecule has 0 spiro atoms. The molecule has 0 atom stereocenters. The van der Waals surface area contributed by atoms with Crippen LogP contribution < -0.4 is 4.74 Å². The summed E-state index contributed by atoms with van der Waals surface area (Å²) >= 11 is 0. The van der Waals surface area contributed by atoms with E-state index in [0.29, 0.717) is 63.6 Å². The zero-order valence-corrected chi connectivity index (χ0v) is 21.5. The summed E-state index contributed by atoms with van der Waals surface area (Å²) in [7, 11) is 1.84.